The molecule has 0 aromatic heterocycles. The van der Waals surface area contributed by atoms with Crippen molar-refractivity contribution < 1.29 is 0 Å². The maximum absolute atomic E-state index is 2.56. The highest BCUT2D eigenvalue weighted by Crippen LogP contribution is 2.75. The van der Waals surface area contributed by atoms with Gasteiger partial charge in [0.1, 0.15) is 0 Å². The van der Waals surface area contributed by atoms with Crippen molar-refractivity contribution in [3.8, 4) is 0 Å². The van der Waals surface area contributed by atoms with Gasteiger partial charge in [0.25, 0.3) is 0 Å². The third-order valence-electron chi connectivity index (χ3n) is 11.2. The number of aryl methyl sites for hydroxylation is 8. The van der Waals surface area contributed by atoms with Crippen LogP contribution in [0.4, 0.5) is 0 Å². The molecular formula is C52H60P2. The number of hydrogen-bond donors (Lipinski definition) is 0. The minimum absolute atomic E-state index is 0.216. The smallest absolute Gasteiger partial charge is 0.0364 e. The first-order chi connectivity index (χ1) is 25.9. The van der Waals surface area contributed by atoms with E-state index in [0.717, 1.165) is 25.7 Å². The summed E-state index contributed by atoms with van der Waals surface area (Å²) in [4.78, 5) is -0.216. The molecule has 0 saturated heterocycles. The summed E-state index contributed by atoms with van der Waals surface area (Å²) in [6, 6.07) is 53.1. The zero-order chi connectivity index (χ0) is 38.6. The molecule has 0 fully saturated rings. The van der Waals surface area contributed by atoms with Gasteiger partial charge in [0.15, 0.2) is 0 Å². The van der Waals surface area contributed by atoms with Crippen molar-refractivity contribution in [3.63, 3.8) is 0 Å². The fourth-order valence-corrected chi connectivity index (χ4v) is 19.0. The van der Waals surface area contributed by atoms with Gasteiger partial charge in [-0.05, 0) is 123 Å². The van der Waals surface area contributed by atoms with E-state index in [4.69, 9.17) is 0 Å². The van der Waals surface area contributed by atoms with Gasteiger partial charge in [0, 0.05) is 10.3 Å². The number of hydrogen-bond acceptors (Lipinski definition) is 0. The summed E-state index contributed by atoms with van der Waals surface area (Å²) in [5, 5.41) is 6.00. The van der Waals surface area contributed by atoms with E-state index in [9.17, 15) is 0 Å². The van der Waals surface area contributed by atoms with Crippen LogP contribution >= 0.6 is 15.8 Å². The highest BCUT2D eigenvalue weighted by molar-refractivity contribution is 7.91. The van der Waals surface area contributed by atoms with Crippen LogP contribution in [0.3, 0.4) is 0 Å². The Labute approximate surface area is 330 Å². The normalized spacial score (nSPS) is 13.0. The van der Waals surface area contributed by atoms with Crippen LogP contribution in [0, 0.1) is 55.4 Å². The van der Waals surface area contributed by atoms with Gasteiger partial charge >= 0.3 is 0 Å². The molecule has 278 valence electrons. The topological polar surface area (TPSA) is 0 Å². The number of benzene rings is 6. The molecule has 0 aliphatic carbocycles. The summed E-state index contributed by atoms with van der Waals surface area (Å²) < 4.78 is 0. The predicted molar refractivity (Wildman–Crippen MR) is 242 cm³/mol. The molecule has 54 heavy (non-hydrogen) atoms. The van der Waals surface area contributed by atoms with Crippen molar-refractivity contribution in [1.29, 1.82) is 0 Å². The molecule has 1 unspecified atom stereocenters. The second kappa shape index (κ2) is 16.9. The first-order valence-corrected chi connectivity index (χ1v) is 22.6. The van der Waals surface area contributed by atoms with Crippen molar-refractivity contribution >= 4 is 37.1 Å². The Bertz CT molecular complexity index is 1910. The Balaban J connectivity index is 1.93. The fraction of sp³-hybridized carbons (Fsp3) is 0.308. The quantitative estimate of drug-likeness (QED) is 0.103. The zero-order valence-electron chi connectivity index (χ0n) is 34.4. The van der Waals surface area contributed by atoms with Crippen LogP contribution in [0.2, 0.25) is 0 Å². The van der Waals surface area contributed by atoms with Gasteiger partial charge in [0.2, 0.25) is 0 Å². The third-order valence-corrected chi connectivity index (χ3v) is 18.5. The van der Waals surface area contributed by atoms with E-state index in [1.807, 2.05) is 0 Å². The lowest BCUT2D eigenvalue weighted by molar-refractivity contribution is 0.336. The minimum atomic E-state index is -0.979. The zero-order valence-corrected chi connectivity index (χ0v) is 36.2. The Morgan fingerprint density at radius 1 is 0.407 bits per heavy atom. The van der Waals surface area contributed by atoms with E-state index in [-0.39, 0.29) is 10.3 Å². The summed E-state index contributed by atoms with van der Waals surface area (Å²) in [5.41, 5.74) is 13.4. The van der Waals surface area contributed by atoms with Crippen LogP contribution in [0.25, 0.3) is 0 Å². The Hall–Kier alpha value is -3.82. The predicted octanol–water partition coefficient (Wildman–Crippen LogP) is 12.8. The van der Waals surface area contributed by atoms with E-state index in [1.165, 1.54) is 76.9 Å². The molecule has 2 heteroatoms. The average molecular weight is 747 g/mol. The second-order valence-corrected chi connectivity index (χ2v) is 21.4. The standard InChI is InChI=1S/C52H60P2/c1-11-23-51(46-21-17-14-18-22-46,36-45-19-15-13-16-20-45)52(12-2,53(47-28-37(3)24-38(4)29-47)48-30-39(5)25-40(6)31-48)54(49-32-41(7)26-42(8)33-49)50-34-43(9)27-44(10)35-50/h13-22,24-35H,11-12,23,36H2,1-10H3. The molecule has 0 saturated carbocycles. The van der Waals surface area contributed by atoms with E-state index in [0.29, 0.717) is 0 Å². The van der Waals surface area contributed by atoms with Crippen molar-refractivity contribution in [3.05, 3.63) is 189 Å². The molecule has 0 amide bonds. The van der Waals surface area contributed by atoms with Crippen LogP contribution in [0.1, 0.15) is 88.7 Å². The van der Waals surface area contributed by atoms with Crippen LogP contribution in [-0.4, -0.2) is 4.90 Å². The van der Waals surface area contributed by atoms with Gasteiger partial charge in [-0.15, -0.1) is 0 Å². The van der Waals surface area contributed by atoms with E-state index >= 15 is 0 Å². The van der Waals surface area contributed by atoms with Crippen LogP contribution in [0.15, 0.2) is 133 Å². The minimum Gasteiger partial charge on any atom is -0.0653 e. The molecule has 6 aromatic rings. The van der Waals surface area contributed by atoms with Crippen molar-refractivity contribution in [2.45, 2.75) is 105 Å². The third kappa shape index (κ3) is 8.08. The van der Waals surface area contributed by atoms with E-state index < -0.39 is 15.8 Å². The SMILES string of the molecule is CCCC(Cc1ccccc1)(c1ccccc1)C(CC)(P(c1cc(C)cc(C)c1)c1cc(C)cc(C)c1)P(c1cc(C)cc(C)c1)c1cc(C)cc(C)c1. The van der Waals surface area contributed by atoms with Crippen molar-refractivity contribution in [1.82, 2.24) is 0 Å². The average Bonchev–Trinajstić information content (AvgIpc) is 3.10. The van der Waals surface area contributed by atoms with Gasteiger partial charge in [-0.3, -0.25) is 0 Å². The van der Waals surface area contributed by atoms with Gasteiger partial charge in [-0.2, -0.15) is 0 Å². The summed E-state index contributed by atoms with van der Waals surface area (Å²) in [6.45, 7) is 23.4. The summed E-state index contributed by atoms with van der Waals surface area (Å²) in [7, 11) is -1.96. The van der Waals surface area contributed by atoms with Crippen LogP contribution in [0.5, 0.6) is 0 Å². The van der Waals surface area contributed by atoms with E-state index in [1.54, 1.807) is 0 Å². The summed E-state index contributed by atoms with van der Waals surface area (Å²) in [6.07, 6.45) is 4.19. The molecule has 0 bridgehead atoms. The molecule has 0 aliphatic rings. The molecular weight excluding hydrogens is 687 g/mol. The van der Waals surface area contributed by atoms with Gasteiger partial charge < -0.3 is 0 Å². The second-order valence-electron chi connectivity index (χ2n) is 16.1. The fourth-order valence-electron chi connectivity index (χ4n) is 9.69. The molecule has 0 N–H and O–H groups in total. The summed E-state index contributed by atoms with van der Waals surface area (Å²) in [5.74, 6) is 0. The van der Waals surface area contributed by atoms with Crippen LogP contribution < -0.4 is 21.2 Å². The van der Waals surface area contributed by atoms with Gasteiger partial charge in [0.05, 0.1) is 0 Å². The molecule has 6 aromatic carbocycles. The highest BCUT2D eigenvalue weighted by atomic mass is 31.2. The first-order valence-electron chi connectivity index (χ1n) is 19.9. The highest BCUT2D eigenvalue weighted by Gasteiger charge is 2.60. The van der Waals surface area contributed by atoms with Crippen LogP contribution in [-0.2, 0) is 11.8 Å². The molecule has 6 rings (SSSR count). The summed E-state index contributed by atoms with van der Waals surface area (Å²) >= 11 is 0. The lowest BCUT2D eigenvalue weighted by Gasteiger charge is -2.60. The molecule has 0 radical (unpaired) electrons. The van der Waals surface area contributed by atoms with Gasteiger partial charge in [-0.25, -0.2) is 0 Å². The molecule has 0 nitrogen and oxygen atoms in total. The Morgan fingerprint density at radius 3 is 1.02 bits per heavy atom. The van der Waals surface area contributed by atoms with Gasteiger partial charge in [-0.1, -0.05) is 198 Å². The molecule has 0 aliphatic heterocycles. The monoisotopic (exact) mass is 746 g/mol. The van der Waals surface area contributed by atoms with E-state index in [2.05, 4.69) is 203 Å². The largest absolute Gasteiger partial charge is 0.0653 e. The molecule has 0 heterocycles. The lowest BCUT2D eigenvalue weighted by Crippen LogP contribution is -2.56. The van der Waals surface area contributed by atoms with Crippen molar-refractivity contribution in [2.24, 2.45) is 0 Å². The Morgan fingerprint density at radius 2 is 0.722 bits per heavy atom. The lowest BCUT2D eigenvalue weighted by atomic mass is 9.68. The maximum atomic E-state index is 2.56. The molecule has 0 spiro atoms. The maximum Gasteiger partial charge on any atom is 0.0364 e. The number of rotatable bonds is 13. The Kier molecular flexibility index (Phi) is 12.5. The van der Waals surface area contributed by atoms with Crippen molar-refractivity contribution in [2.75, 3.05) is 0 Å². The molecule has 1 atom stereocenters. The first kappa shape index (κ1) is 39.9.